The van der Waals surface area contributed by atoms with Crippen LogP contribution in [0.3, 0.4) is 0 Å². The van der Waals surface area contributed by atoms with Crippen LogP contribution in [0.1, 0.15) is 34.9 Å². The first-order valence-corrected chi connectivity index (χ1v) is 10.5. The van der Waals surface area contributed by atoms with Crippen LogP contribution in [0.2, 0.25) is 0 Å². The molecule has 0 saturated heterocycles. The Labute approximate surface area is 180 Å². The van der Waals surface area contributed by atoms with Crippen molar-refractivity contribution in [1.29, 1.82) is 0 Å². The summed E-state index contributed by atoms with van der Waals surface area (Å²) in [4.78, 5) is 30.6. The number of nitrogens with zero attached hydrogens (tertiary/aromatic N) is 2. The molecule has 0 radical (unpaired) electrons. The van der Waals surface area contributed by atoms with Gasteiger partial charge in [-0.15, -0.1) is 11.3 Å². The van der Waals surface area contributed by atoms with Crippen LogP contribution in [0, 0.1) is 20.8 Å². The van der Waals surface area contributed by atoms with Crippen LogP contribution in [0.4, 0.5) is 10.8 Å². The molecule has 0 aliphatic heterocycles. The number of esters is 1. The lowest BCUT2D eigenvalue weighted by Gasteiger charge is -2.22. The number of carbonyl (C=O) groups excluding carboxylic acids is 2. The van der Waals surface area contributed by atoms with Crippen LogP contribution in [-0.2, 0) is 20.9 Å². The van der Waals surface area contributed by atoms with Gasteiger partial charge in [0.25, 0.3) is 0 Å². The lowest BCUT2D eigenvalue weighted by atomic mass is 10.1. The van der Waals surface area contributed by atoms with Crippen LogP contribution in [0.15, 0.2) is 53.9 Å². The molecule has 30 heavy (non-hydrogen) atoms. The van der Waals surface area contributed by atoms with Crippen molar-refractivity contribution >= 4 is 40.1 Å². The minimum Gasteiger partial charge on any atom is -0.456 e. The van der Waals surface area contributed by atoms with E-state index in [9.17, 15) is 9.59 Å². The highest BCUT2D eigenvalue weighted by atomic mass is 32.1. The predicted molar refractivity (Wildman–Crippen MR) is 121 cm³/mol. The van der Waals surface area contributed by atoms with E-state index in [0.717, 1.165) is 27.9 Å². The van der Waals surface area contributed by atoms with E-state index in [2.05, 4.69) is 4.98 Å². The van der Waals surface area contributed by atoms with Gasteiger partial charge in [-0.05, 0) is 49.1 Å². The zero-order valence-corrected chi connectivity index (χ0v) is 18.3. The average Bonchev–Trinajstić information content (AvgIpc) is 3.16. The third-order valence-electron chi connectivity index (χ3n) is 4.66. The number of para-hydroxylation sites is 1. The zero-order valence-electron chi connectivity index (χ0n) is 17.5. The van der Waals surface area contributed by atoms with Crippen molar-refractivity contribution in [1.82, 2.24) is 4.98 Å². The maximum Gasteiger partial charge on any atom is 0.331 e. The molecule has 0 bridgehead atoms. The smallest absolute Gasteiger partial charge is 0.331 e. The van der Waals surface area contributed by atoms with Gasteiger partial charge in [0.2, 0.25) is 5.91 Å². The van der Waals surface area contributed by atoms with E-state index in [4.69, 9.17) is 4.74 Å². The van der Waals surface area contributed by atoms with Gasteiger partial charge in [0.15, 0.2) is 5.13 Å². The third-order valence-corrected chi connectivity index (χ3v) is 5.53. The molecule has 1 aromatic heterocycles. The molecule has 1 amide bonds. The molecule has 0 saturated carbocycles. The zero-order chi connectivity index (χ0) is 21.7. The van der Waals surface area contributed by atoms with Crippen molar-refractivity contribution in [2.24, 2.45) is 0 Å². The molecule has 0 atom stereocenters. The SMILES string of the molecule is CC(=O)N(c1nc(COC(=O)/C=C/c2ccccc2C)cs1)c1c(C)cccc1C. The summed E-state index contributed by atoms with van der Waals surface area (Å²) >= 11 is 1.35. The molecule has 0 fully saturated rings. The van der Waals surface area contributed by atoms with Crippen LogP contribution < -0.4 is 4.90 Å². The van der Waals surface area contributed by atoms with E-state index in [1.165, 1.54) is 24.3 Å². The molecule has 3 rings (SSSR count). The van der Waals surface area contributed by atoms with Crippen molar-refractivity contribution in [2.45, 2.75) is 34.3 Å². The molecule has 2 aromatic carbocycles. The van der Waals surface area contributed by atoms with Gasteiger partial charge < -0.3 is 4.74 Å². The van der Waals surface area contributed by atoms with Gasteiger partial charge in [-0.3, -0.25) is 9.69 Å². The highest BCUT2D eigenvalue weighted by Gasteiger charge is 2.21. The Morgan fingerprint density at radius 3 is 2.37 bits per heavy atom. The molecule has 1 heterocycles. The number of anilines is 2. The molecule has 0 aliphatic carbocycles. The van der Waals surface area contributed by atoms with Crippen molar-refractivity contribution in [3.05, 3.63) is 81.9 Å². The van der Waals surface area contributed by atoms with E-state index in [1.54, 1.807) is 16.4 Å². The number of thiazole rings is 1. The fraction of sp³-hybridized carbons (Fsp3) is 0.208. The number of benzene rings is 2. The van der Waals surface area contributed by atoms with Gasteiger partial charge in [0.1, 0.15) is 6.61 Å². The number of aryl methyl sites for hydroxylation is 3. The van der Waals surface area contributed by atoms with E-state index < -0.39 is 5.97 Å². The monoisotopic (exact) mass is 420 g/mol. The fourth-order valence-electron chi connectivity index (χ4n) is 3.14. The fourth-order valence-corrected chi connectivity index (χ4v) is 3.99. The Kier molecular flexibility index (Phi) is 6.79. The number of rotatable bonds is 6. The molecule has 3 aromatic rings. The third kappa shape index (κ3) is 5.02. The van der Waals surface area contributed by atoms with Crippen LogP contribution in [0.5, 0.6) is 0 Å². The molecule has 5 nitrogen and oxygen atoms in total. The Bertz CT molecular complexity index is 1080. The highest BCUT2D eigenvalue weighted by Crippen LogP contribution is 2.33. The number of ether oxygens (including phenoxy) is 1. The summed E-state index contributed by atoms with van der Waals surface area (Å²) in [7, 11) is 0. The molecule has 0 spiro atoms. The molecule has 0 aliphatic rings. The molecule has 154 valence electrons. The Balaban J connectivity index is 1.70. The summed E-state index contributed by atoms with van der Waals surface area (Å²) in [5, 5.41) is 2.36. The molecular formula is C24H24N2O3S. The van der Waals surface area contributed by atoms with Gasteiger partial charge in [-0.2, -0.15) is 0 Å². The van der Waals surface area contributed by atoms with E-state index >= 15 is 0 Å². The molecule has 6 heteroatoms. The van der Waals surface area contributed by atoms with Crippen molar-refractivity contribution < 1.29 is 14.3 Å². The van der Waals surface area contributed by atoms with E-state index in [0.29, 0.717) is 10.8 Å². The normalized spacial score (nSPS) is 10.9. The molecular weight excluding hydrogens is 396 g/mol. The predicted octanol–water partition coefficient (Wildman–Crippen LogP) is 5.51. The van der Waals surface area contributed by atoms with Crippen LogP contribution in [-0.4, -0.2) is 16.9 Å². The minimum absolute atomic E-state index is 0.0476. The summed E-state index contributed by atoms with van der Waals surface area (Å²) in [6, 6.07) is 13.7. The number of hydrogen-bond donors (Lipinski definition) is 0. The lowest BCUT2D eigenvalue weighted by molar-refractivity contribution is -0.139. The summed E-state index contributed by atoms with van der Waals surface area (Å²) < 4.78 is 5.31. The summed E-state index contributed by atoms with van der Waals surface area (Å²) in [5.74, 6) is -0.558. The van der Waals surface area contributed by atoms with Crippen molar-refractivity contribution in [3.8, 4) is 0 Å². The van der Waals surface area contributed by atoms with Crippen LogP contribution >= 0.6 is 11.3 Å². The summed E-state index contributed by atoms with van der Waals surface area (Å²) in [6.45, 7) is 7.48. The van der Waals surface area contributed by atoms with Crippen molar-refractivity contribution in [3.63, 3.8) is 0 Å². The first-order valence-electron chi connectivity index (χ1n) is 9.58. The van der Waals surface area contributed by atoms with Gasteiger partial charge in [0.05, 0.1) is 11.4 Å². The number of hydrogen-bond acceptors (Lipinski definition) is 5. The number of carbonyl (C=O) groups is 2. The maximum absolute atomic E-state index is 12.4. The highest BCUT2D eigenvalue weighted by molar-refractivity contribution is 7.14. The minimum atomic E-state index is -0.439. The van der Waals surface area contributed by atoms with Crippen molar-refractivity contribution in [2.75, 3.05) is 4.90 Å². The topological polar surface area (TPSA) is 59.5 Å². The molecule has 0 unspecified atom stereocenters. The summed E-state index contributed by atoms with van der Waals surface area (Å²) in [6.07, 6.45) is 3.15. The Morgan fingerprint density at radius 2 is 1.70 bits per heavy atom. The average molecular weight is 421 g/mol. The standard InChI is InChI=1S/C24H24N2O3S/c1-16-8-5-6-11-20(16)12-13-22(28)29-14-21-15-30-24(25-21)26(19(4)27)23-17(2)9-7-10-18(23)3/h5-13,15H,14H2,1-4H3/b13-12+. The second-order valence-electron chi connectivity index (χ2n) is 7.01. The van der Waals surface area contributed by atoms with Gasteiger partial charge in [0, 0.05) is 18.4 Å². The lowest BCUT2D eigenvalue weighted by Crippen LogP contribution is -2.24. The van der Waals surface area contributed by atoms with Gasteiger partial charge in [-0.1, -0.05) is 42.5 Å². The number of amides is 1. The van der Waals surface area contributed by atoms with Gasteiger partial charge >= 0.3 is 5.97 Å². The number of aromatic nitrogens is 1. The molecule has 0 N–H and O–H groups in total. The second kappa shape index (κ2) is 9.50. The largest absolute Gasteiger partial charge is 0.456 e. The van der Waals surface area contributed by atoms with E-state index in [1.807, 2.05) is 63.2 Å². The first-order chi connectivity index (χ1) is 14.4. The maximum atomic E-state index is 12.4. The first kappa shape index (κ1) is 21.5. The Morgan fingerprint density at radius 1 is 1.03 bits per heavy atom. The Hall–Kier alpha value is -3.25. The van der Waals surface area contributed by atoms with Gasteiger partial charge in [-0.25, -0.2) is 9.78 Å². The quantitative estimate of drug-likeness (QED) is 0.390. The second-order valence-corrected chi connectivity index (χ2v) is 7.85. The van der Waals surface area contributed by atoms with Crippen LogP contribution in [0.25, 0.3) is 6.08 Å². The summed E-state index contributed by atoms with van der Waals surface area (Å²) in [5.41, 5.74) is 5.48. The van der Waals surface area contributed by atoms with E-state index in [-0.39, 0.29) is 12.5 Å².